The summed E-state index contributed by atoms with van der Waals surface area (Å²) in [5.41, 5.74) is 1.65. The molecule has 0 aromatic heterocycles. The molecule has 24 heavy (non-hydrogen) atoms. The van der Waals surface area contributed by atoms with E-state index >= 15 is 0 Å². The van der Waals surface area contributed by atoms with Crippen LogP contribution in [0.5, 0.6) is 0 Å². The Balaban J connectivity index is 0.00000529. The van der Waals surface area contributed by atoms with Gasteiger partial charge in [0.05, 0.1) is 13.2 Å². The van der Waals surface area contributed by atoms with Crippen LogP contribution in [0.3, 0.4) is 0 Å². The van der Waals surface area contributed by atoms with E-state index in [1.807, 2.05) is 19.1 Å². The van der Waals surface area contributed by atoms with E-state index in [4.69, 9.17) is 0 Å². The van der Waals surface area contributed by atoms with Crippen molar-refractivity contribution in [2.75, 3.05) is 19.7 Å². The Kier molecular flexibility index (Phi) is 11.5. The van der Waals surface area contributed by atoms with Gasteiger partial charge in [0.2, 0.25) is 0 Å². The van der Waals surface area contributed by atoms with Gasteiger partial charge in [-0.25, -0.2) is 4.99 Å². The molecule has 0 aliphatic rings. The largest absolute Gasteiger partial charge is 0.411 e. The maximum atomic E-state index is 12.0. The Morgan fingerprint density at radius 1 is 1.21 bits per heavy atom. The number of halogens is 4. The summed E-state index contributed by atoms with van der Waals surface area (Å²) in [6.07, 6.45) is -2.56. The number of nitrogens with one attached hydrogen (secondary N) is 2. The van der Waals surface area contributed by atoms with Crippen molar-refractivity contribution in [3.63, 3.8) is 0 Å². The lowest BCUT2D eigenvalue weighted by Crippen LogP contribution is -2.37. The Labute approximate surface area is 157 Å². The van der Waals surface area contributed by atoms with Crippen LogP contribution < -0.4 is 10.6 Å². The van der Waals surface area contributed by atoms with Gasteiger partial charge >= 0.3 is 6.18 Å². The van der Waals surface area contributed by atoms with Crippen LogP contribution >= 0.6 is 24.0 Å². The molecule has 0 heterocycles. The molecule has 0 spiro atoms. The minimum absolute atomic E-state index is 0. The van der Waals surface area contributed by atoms with Crippen LogP contribution in [-0.4, -0.2) is 31.8 Å². The number of ether oxygens (including phenoxy) is 1. The first-order chi connectivity index (χ1) is 10.9. The van der Waals surface area contributed by atoms with Crippen LogP contribution in [0.4, 0.5) is 13.2 Å². The predicted octanol–water partition coefficient (Wildman–Crippen LogP) is 3.62. The number of rotatable bonds is 8. The van der Waals surface area contributed by atoms with Crippen LogP contribution in [0.2, 0.25) is 0 Å². The molecule has 0 saturated carbocycles. The molecule has 2 N–H and O–H groups in total. The lowest BCUT2D eigenvalue weighted by Gasteiger charge is -2.10. The minimum atomic E-state index is -4.30. The molecule has 0 unspecified atom stereocenters. The molecule has 8 heteroatoms. The molecule has 0 aliphatic heterocycles. The summed E-state index contributed by atoms with van der Waals surface area (Å²) in [6.45, 7) is 6.14. The quantitative estimate of drug-likeness (QED) is 0.271. The Morgan fingerprint density at radius 2 is 1.83 bits per heavy atom. The molecule has 1 aromatic carbocycles. The number of aliphatic imine (C=N–C) groups is 1. The summed E-state index contributed by atoms with van der Waals surface area (Å²) in [5.74, 6) is 0.685. The van der Waals surface area contributed by atoms with E-state index in [2.05, 4.69) is 26.9 Å². The number of nitrogens with zero attached hydrogens (tertiary/aromatic N) is 1. The van der Waals surface area contributed by atoms with Crippen molar-refractivity contribution in [3.8, 4) is 0 Å². The predicted molar refractivity (Wildman–Crippen MR) is 101 cm³/mol. The fourth-order valence-electron chi connectivity index (χ4n) is 1.71. The highest BCUT2D eigenvalue weighted by molar-refractivity contribution is 14.0. The zero-order valence-corrected chi connectivity index (χ0v) is 15.9. The average molecular weight is 457 g/mol. The lowest BCUT2D eigenvalue weighted by molar-refractivity contribution is -0.176. The zero-order chi connectivity index (χ0) is 17.1. The van der Waals surface area contributed by atoms with Crippen molar-refractivity contribution in [1.29, 1.82) is 0 Å². The van der Waals surface area contributed by atoms with Gasteiger partial charge in [0.1, 0.15) is 6.61 Å². The molecule has 0 aliphatic carbocycles. The number of benzene rings is 1. The van der Waals surface area contributed by atoms with Gasteiger partial charge in [-0.1, -0.05) is 30.3 Å². The van der Waals surface area contributed by atoms with Crippen LogP contribution in [0.25, 0.3) is 0 Å². The molecular formula is C16H23F3IN3O. The van der Waals surface area contributed by atoms with Crippen molar-refractivity contribution in [1.82, 2.24) is 10.6 Å². The normalized spacial score (nSPS) is 11.6. The Morgan fingerprint density at radius 3 is 2.38 bits per heavy atom. The molecule has 1 rings (SSSR count). The summed E-state index contributed by atoms with van der Waals surface area (Å²) < 4.78 is 40.6. The van der Waals surface area contributed by atoms with E-state index in [9.17, 15) is 13.2 Å². The van der Waals surface area contributed by atoms with E-state index < -0.39 is 12.8 Å². The van der Waals surface area contributed by atoms with Gasteiger partial charge in [-0.2, -0.15) is 13.2 Å². The third kappa shape index (κ3) is 10.5. The summed E-state index contributed by atoms with van der Waals surface area (Å²) >= 11 is 0. The molecule has 0 radical (unpaired) electrons. The van der Waals surface area contributed by atoms with Crippen molar-refractivity contribution in [3.05, 3.63) is 48.0 Å². The number of hydrogen-bond donors (Lipinski definition) is 2. The topological polar surface area (TPSA) is 45.7 Å². The Bertz CT molecular complexity index is 504. The van der Waals surface area contributed by atoms with Gasteiger partial charge in [0.15, 0.2) is 5.96 Å². The second-order valence-electron chi connectivity index (χ2n) is 4.79. The molecule has 4 nitrogen and oxygen atoms in total. The first-order valence-electron chi connectivity index (χ1n) is 7.30. The van der Waals surface area contributed by atoms with Crippen LogP contribution in [-0.2, 0) is 17.9 Å². The fourth-order valence-corrected chi connectivity index (χ4v) is 1.71. The number of hydrogen-bond acceptors (Lipinski definition) is 2. The third-order valence-corrected chi connectivity index (χ3v) is 2.74. The highest BCUT2D eigenvalue weighted by atomic mass is 127. The Hall–Kier alpha value is -1.29. The first-order valence-corrected chi connectivity index (χ1v) is 7.30. The monoisotopic (exact) mass is 457 g/mol. The fraction of sp³-hybridized carbons (Fsp3) is 0.438. The van der Waals surface area contributed by atoms with Crippen LogP contribution in [0.15, 0.2) is 41.9 Å². The molecule has 0 atom stereocenters. The van der Waals surface area contributed by atoms with E-state index in [0.717, 1.165) is 12.1 Å². The number of alkyl halides is 3. The summed E-state index contributed by atoms with van der Waals surface area (Å²) in [5, 5.41) is 6.19. The average Bonchev–Trinajstić information content (AvgIpc) is 2.50. The smallest absolute Gasteiger partial charge is 0.367 e. The van der Waals surface area contributed by atoms with E-state index in [0.29, 0.717) is 24.6 Å². The highest BCUT2D eigenvalue weighted by Crippen LogP contribution is 2.15. The first kappa shape index (κ1) is 22.7. The maximum absolute atomic E-state index is 12.0. The second kappa shape index (κ2) is 12.1. The van der Waals surface area contributed by atoms with Gasteiger partial charge in [0, 0.05) is 13.1 Å². The molecule has 0 bridgehead atoms. The maximum Gasteiger partial charge on any atom is 0.411 e. The lowest BCUT2D eigenvalue weighted by atomic mass is 10.1. The summed E-state index contributed by atoms with van der Waals surface area (Å²) in [7, 11) is 0. The summed E-state index contributed by atoms with van der Waals surface area (Å²) in [6, 6.07) is 7.14. The molecular weight excluding hydrogens is 434 g/mol. The van der Waals surface area contributed by atoms with Crippen molar-refractivity contribution in [2.45, 2.75) is 26.3 Å². The van der Waals surface area contributed by atoms with Gasteiger partial charge < -0.3 is 15.4 Å². The van der Waals surface area contributed by atoms with Crippen LogP contribution in [0.1, 0.15) is 18.1 Å². The van der Waals surface area contributed by atoms with E-state index in [1.54, 1.807) is 18.2 Å². The zero-order valence-electron chi connectivity index (χ0n) is 13.5. The van der Waals surface area contributed by atoms with Crippen molar-refractivity contribution in [2.24, 2.45) is 4.99 Å². The number of guanidine groups is 1. The van der Waals surface area contributed by atoms with E-state index in [-0.39, 0.29) is 30.6 Å². The van der Waals surface area contributed by atoms with Gasteiger partial charge in [0.25, 0.3) is 0 Å². The molecule has 0 saturated heterocycles. The van der Waals surface area contributed by atoms with E-state index in [1.165, 1.54) is 0 Å². The molecule has 1 aromatic rings. The second-order valence-corrected chi connectivity index (χ2v) is 4.79. The van der Waals surface area contributed by atoms with Gasteiger partial charge in [-0.15, -0.1) is 30.6 Å². The third-order valence-electron chi connectivity index (χ3n) is 2.74. The van der Waals surface area contributed by atoms with Crippen molar-refractivity contribution >= 4 is 29.9 Å². The molecule has 136 valence electrons. The van der Waals surface area contributed by atoms with Gasteiger partial charge in [-0.05, 0) is 18.1 Å². The molecule has 0 fully saturated rings. The highest BCUT2D eigenvalue weighted by Gasteiger charge is 2.27. The SMILES string of the molecule is C=CCNC(=NCc1ccc(COCC(F)(F)F)cc1)NCC.I. The minimum Gasteiger partial charge on any atom is -0.367 e. The summed E-state index contributed by atoms with van der Waals surface area (Å²) in [4.78, 5) is 4.41. The molecule has 0 amide bonds. The van der Waals surface area contributed by atoms with Crippen molar-refractivity contribution < 1.29 is 17.9 Å². The van der Waals surface area contributed by atoms with Gasteiger partial charge in [-0.3, -0.25) is 0 Å². The van der Waals surface area contributed by atoms with Crippen LogP contribution in [0, 0.1) is 0 Å². The standard InChI is InChI=1S/C16H22F3N3O.HI/c1-3-9-21-15(20-4-2)22-10-13-5-7-14(8-6-13)11-23-12-16(17,18)19;/h3,5-8H,1,4,9-12H2,2H3,(H2,20,21,22);1H.